The van der Waals surface area contributed by atoms with E-state index < -0.39 is 17.5 Å². The van der Waals surface area contributed by atoms with Crippen molar-refractivity contribution in [3.8, 4) is 0 Å². The van der Waals surface area contributed by atoms with Crippen molar-refractivity contribution in [3.05, 3.63) is 18.2 Å². The molecular weight excluding hydrogens is 236 g/mol. The van der Waals surface area contributed by atoms with E-state index in [9.17, 15) is 9.59 Å². The van der Waals surface area contributed by atoms with Crippen molar-refractivity contribution in [2.45, 2.75) is 25.8 Å². The predicted octanol–water partition coefficient (Wildman–Crippen LogP) is 0.125. The highest BCUT2D eigenvalue weighted by Gasteiger charge is 2.28. The Kier molecular flexibility index (Phi) is 4.30. The van der Waals surface area contributed by atoms with Crippen molar-refractivity contribution in [1.82, 2.24) is 20.2 Å². The maximum Gasteiger partial charge on any atom is 0.328 e. The van der Waals surface area contributed by atoms with Gasteiger partial charge in [0.05, 0.1) is 0 Å². The van der Waals surface area contributed by atoms with Crippen LogP contribution in [0.4, 0.5) is 4.79 Å². The van der Waals surface area contributed by atoms with Crippen LogP contribution >= 0.6 is 0 Å². The summed E-state index contributed by atoms with van der Waals surface area (Å²) in [6, 6.07) is -0.503. The largest absolute Gasteiger partial charge is 0.480 e. The van der Waals surface area contributed by atoms with Crippen LogP contribution in [0.3, 0.4) is 0 Å². The second kappa shape index (κ2) is 5.52. The Bertz CT molecular complexity index is 439. The van der Waals surface area contributed by atoms with Crippen molar-refractivity contribution in [1.29, 1.82) is 0 Å². The highest BCUT2D eigenvalue weighted by atomic mass is 16.4. The lowest BCUT2D eigenvalue weighted by Gasteiger charge is -2.21. The summed E-state index contributed by atoms with van der Waals surface area (Å²) in [6.07, 6.45) is 4.09. The number of aryl methyl sites for hydroxylation is 1. The number of imidazole rings is 1. The number of aromatic nitrogens is 2. The summed E-state index contributed by atoms with van der Waals surface area (Å²) in [5.41, 5.74) is -1.28. The SMILES string of the molecule is Cn1ccnc1CCNC(=O)NC(C)(C)C(=O)O. The number of nitrogens with one attached hydrogen (secondary N) is 2. The maximum atomic E-state index is 11.5. The third-order valence-electron chi connectivity index (χ3n) is 2.52. The molecule has 100 valence electrons. The zero-order valence-corrected chi connectivity index (χ0v) is 10.7. The van der Waals surface area contributed by atoms with Crippen molar-refractivity contribution in [3.63, 3.8) is 0 Å². The fourth-order valence-corrected chi connectivity index (χ4v) is 1.31. The fourth-order valence-electron chi connectivity index (χ4n) is 1.31. The van der Waals surface area contributed by atoms with Crippen LogP contribution in [0.1, 0.15) is 19.7 Å². The van der Waals surface area contributed by atoms with Crippen molar-refractivity contribution >= 4 is 12.0 Å². The highest BCUT2D eigenvalue weighted by Crippen LogP contribution is 2.01. The third-order valence-corrected chi connectivity index (χ3v) is 2.52. The molecule has 0 fully saturated rings. The Hall–Kier alpha value is -2.05. The van der Waals surface area contributed by atoms with Gasteiger partial charge in [-0.2, -0.15) is 0 Å². The molecule has 0 aliphatic rings. The van der Waals surface area contributed by atoms with E-state index in [1.165, 1.54) is 13.8 Å². The molecule has 18 heavy (non-hydrogen) atoms. The minimum Gasteiger partial charge on any atom is -0.480 e. The van der Waals surface area contributed by atoms with Crippen molar-refractivity contribution in [2.75, 3.05) is 6.54 Å². The number of carbonyl (C=O) groups is 2. The number of hydrogen-bond donors (Lipinski definition) is 3. The minimum atomic E-state index is -1.28. The van der Waals surface area contributed by atoms with Crippen LogP contribution in [-0.2, 0) is 18.3 Å². The van der Waals surface area contributed by atoms with Gasteiger partial charge in [0, 0.05) is 32.4 Å². The number of carbonyl (C=O) groups excluding carboxylic acids is 1. The van der Waals surface area contributed by atoms with Crippen molar-refractivity contribution in [2.24, 2.45) is 7.05 Å². The molecule has 3 N–H and O–H groups in total. The van der Waals surface area contributed by atoms with Crippen LogP contribution < -0.4 is 10.6 Å². The highest BCUT2D eigenvalue weighted by molar-refractivity contribution is 5.85. The molecule has 7 nitrogen and oxygen atoms in total. The van der Waals surface area contributed by atoms with E-state index in [1.54, 1.807) is 6.20 Å². The van der Waals surface area contributed by atoms with Gasteiger partial charge in [-0.25, -0.2) is 14.6 Å². The van der Waals surface area contributed by atoms with E-state index in [2.05, 4.69) is 15.6 Å². The van der Waals surface area contributed by atoms with Crippen LogP contribution in [0, 0.1) is 0 Å². The summed E-state index contributed by atoms with van der Waals surface area (Å²) in [4.78, 5) is 26.4. The number of rotatable bonds is 5. The first-order valence-electron chi connectivity index (χ1n) is 5.58. The molecule has 1 aromatic rings. The minimum absolute atomic E-state index is 0.395. The lowest BCUT2D eigenvalue weighted by atomic mass is 10.1. The summed E-state index contributed by atoms with van der Waals surface area (Å²) in [6.45, 7) is 3.24. The Morgan fingerprint density at radius 3 is 2.67 bits per heavy atom. The number of amides is 2. The molecule has 0 unspecified atom stereocenters. The number of carboxylic acids is 1. The molecule has 0 spiro atoms. The lowest BCUT2D eigenvalue weighted by Crippen LogP contribution is -2.53. The summed E-state index contributed by atoms with van der Waals surface area (Å²) < 4.78 is 1.86. The van der Waals surface area contributed by atoms with Gasteiger partial charge in [-0.15, -0.1) is 0 Å². The third kappa shape index (κ3) is 3.76. The van der Waals surface area contributed by atoms with Crippen LogP contribution in [0.15, 0.2) is 12.4 Å². The molecule has 0 saturated carbocycles. The smallest absolute Gasteiger partial charge is 0.328 e. The summed E-state index contributed by atoms with van der Waals surface area (Å²) in [5, 5.41) is 13.8. The first kappa shape index (κ1) is 14.0. The van der Waals surface area contributed by atoms with Gasteiger partial charge in [0.2, 0.25) is 0 Å². The Morgan fingerprint density at radius 1 is 1.50 bits per heavy atom. The zero-order chi connectivity index (χ0) is 13.8. The van der Waals surface area contributed by atoms with E-state index in [1.807, 2.05) is 17.8 Å². The zero-order valence-electron chi connectivity index (χ0n) is 10.7. The second-order valence-electron chi connectivity index (χ2n) is 4.52. The van der Waals surface area contributed by atoms with Crippen LogP contribution in [-0.4, -0.2) is 38.7 Å². The molecule has 0 aromatic carbocycles. The average molecular weight is 254 g/mol. The fraction of sp³-hybridized carbons (Fsp3) is 0.545. The monoisotopic (exact) mass is 254 g/mol. The molecule has 1 aromatic heterocycles. The number of hydrogen-bond acceptors (Lipinski definition) is 3. The second-order valence-corrected chi connectivity index (χ2v) is 4.52. The van der Waals surface area contributed by atoms with E-state index in [-0.39, 0.29) is 0 Å². The maximum absolute atomic E-state index is 11.5. The van der Waals surface area contributed by atoms with E-state index in [0.29, 0.717) is 13.0 Å². The van der Waals surface area contributed by atoms with E-state index in [4.69, 9.17) is 5.11 Å². The Balaban J connectivity index is 2.34. The molecule has 0 atom stereocenters. The number of urea groups is 1. The first-order chi connectivity index (χ1) is 8.33. The predicted molar refractivity (Wildman–Crippen MR) is 65.2 cm³/mol. The summed E-state index contributed by atoms with van der Waals surface area (Å²) in [7, 11) is 1.87. The molecule has 2 amide bonds. The molecule has 7 heteroatoms. The van der Waals surface area contributed by atoms with Crippen molar-refractivity contribution < 1.29 is 14.7 Å². The van der Waals surface area contributed by atoms with Gasteiger partial charge < -0.3 is 20.3 Å². The molecular formula is C11H18N4O3. The quantitative estimate of drug-likeness (QED) is 0.695. The van der Waals surface area contributed by atoms with Gasteiger partial charge in [0.1, 0.15) is 11.4 Å². The topological polar surface area (TPSA) is 96.3 Å². The Labute approximate surface area is 105 Å². The standard InChI is InChI=1S/C11H18N4O3/c1-11(2,9(16)17)14-10(18)13-5-4-8-12-6-7-15(8)3/h6-7H,4-5H2,1-3H3,(H,16,17)(H2,13,14,18). The van der Waals surface area contributed by atoms with Gasteiger partial charge in [-0.1, -0.05) is 0 Å². The van der Waals surface area contributed by atoms with Gasteiger partial charge >= 0.3 is 12.0 Å². The summed E-state index contributed by atoms with van der Waals surface area (Å²) >= 11 is 0. The van der Waals surface area contributed by atoms with Gasteiger partial charge in [0.25, 0.3) is 0 Å². The number of nitrogens with zero attached hydrogens (tertiary/aromatic N) is 2. The Morgan fingerprint density at radius 2 is 2.17 bits per heavy atom. The van der Waals surface area contributed by atoms with Gasteiger partial charge in [0.15, 0.2) is 0 Å². The summed E-state index contributed by atoms with van der Waals surface area (Å²) in [5.74, 6) is -0.227. The number of carboxylic acid groups (broad SMARTS) is 1. The van der Waals surface area contributed by atoms with E-state index >= 15 is 0 Å². The molecule has 0 aliphatic heterocycles. The lowest BCUT2D eigenvalue weighted by molar-refractivity contribution is -0.142. The average Bonchev–Trinajstić information content (AvgIpc) is 2.63. The van der Waals surface area contributed by atoms with Gasteiger partial charge in [-0.3, -0.25) is 0 Å². The van der Waals surface area contributed by atoms with Gasteiger partial charge in [-0.05, 0) is 13.8 Å². The van der Waals surface area contributed by atoms with E-state index in [0.717, 1.165) is 5.82 Å². The molecule has 0 saturated heterocycles. The number of aliphatic carboxylic acids is 1. The molecule has 0 aliphatic carbocycles. The first-order valence-corrected chi connectivity index (χ1v) is 5.58. The molecule has 1 rings (SSSR count). The molecule has 0 bridgehead atoms. The normalized spacial score (nSPS) is 11.1. The molecule has 0 radical (unpaired) electrons. The van der Waals surface area contributed by atoms with Crippen LogP contribution in [0.5, 0.6) is 0 Å². The van der Waals surface area contributed by atoms with Crippen LogP contribution in [0.25, 0.3) is 0 Å². The molecule has 1 heterocycles. The van der Waals surface area contributed by atoms with Crippen LogP contribution in [0.2, 0.25) is 0 Å².